The number of benzene rings is 1. The third kappa shape index (κ3) is 2.30. The zero-order valence-electron chi connectivity index (χ0n) is 10.2. The second kappa shape index (κ2) is 5.26. The first-order valence-corrected chi connectivity index (χ1v) is 6.95. The molecule has 2 aromatic heterocycles. The molecule has 0 aliphatic carbocycles. The van der Waals surface area contributed by atoms with Crippen molar-refractivity contribution in [3.63, 3.8) is 0 Å². The van der Waals surface area contributed by atoms with Gasteiger partial charge in [0.2, 0.25) is 5.88 Å². The Morgan fingerprint density at radius 1 is 1.10 bits per heavy atom. The van der Waals surface area contributed by atoms with Crippen molar-refractivity contribution < 1.29 is 4.52 Å². The van der Waals surface area contributed by atoms with Crippen molar-refractivity contribution in [3.8, 4) is 22.4 Å². The topological polar surface area (TPSA) is 64.9 Å². The summed E-state index contributed by atoms with van der Waals surface area (Å²) in [5.41, 5.74) is 9.02. The van der Waals surface area contributed by atoms with Crippen LogP contribution in [0.3, 0.4) is 0 Å². The van der Waals surface area contributed by atoms with Gasteiger partial charge in [0.15, 0.2) is 0 Å². The van der Waals surface area contributed by atoms with Gasteiger partial charge in [0.05, 0.1) is 10.6 Å². The number of aromatic nitrogens is 2. The summed E-state index contributed by atoms with van der Waals surface area (Å²) >= 11 is 9.48. The summed E-state index contributed by atoms with van der Waals surface area (Å²) < 4.78 is 5.95. The summed E-state index contributed by atoms with van der Waals surface area (Å²) in [5.74, 6) is 0.269. The lowest BCUT2D eigenvalue weighted by Gasteiger charge is -2.04. The van der Waals surface area contributed by atoms with Crippen LogP contribution in [0.5, 0.6) is 0 Å². The predicted molar refractivity (Wildman–Crippen MR) is 82.3 cm³/mol. The first-order valence-electron chi connectivity index (χ1n) is 5.78. The Morgan fingerprint density at radius 2 is 1.85 bits per heavy atom. The Balaban J connectivity index is 2.18. The Hall–Kier alpha value is -1.85. The number of nitrogens with two attached hydrogens (primary N) is 1. The number of pyridine rings is 1. The largest absolute Gasteiger partial charge is 0.367 e. The van der Waals surface area contributed by atoms with E-state index in [2.05, 4.69) is 26.1 Å². The minimum Gasteiger partial charge on any atom is -0.367 e. The summed E-state index contributed by atoms with van der Waals surface area (Å²) in [6.07, 6.45) is 3.39. The molecule has 0 saturated carbocycles. The van der Waals surface area contributed by atoms with Crippen LogP contribution in [-0.2, 0) is 0 Å². The lowest BCUT2D eigenvalue weighted by molar-refractivity contribution is 0.439. The fourth-order valence-electron chi connectivity index (χ4n) is 1.94. The molecule has 0 fully saturated rings. The molecule has 100 valence electrons. The molecule has 2 N–H and O–H groups in total. The van der Waals surface area contributed by atoms with Gasteiger partial charge in [-0.1, -0.05) is 22.8 Å². The summed E-state index contributed by atoms with van der Waals surface area (Å²) in [6, 6.07) is 9.28. The zero-order valence-corrected chi connectivity index (χ0v) is 12.5. The molecule has 0 amide bonds. The highest BCUT2D eigenvalue weighted by atomic mass is 79.9. The van der Waals surface area contributed by atoms with Crippen LogP contribution < -0.4 is 5.73 Å². The molecule has 6 heteroatoms. The number of hydrogen-bond donors (Lipinski definition) is 1. The number of rotatable bonds is 2. The van der Waals surface area contributed by atoms with E-state index < -0.39 is 0 Å². The normalized spacial score (nSPS) is 10.7. The highest BCUT2D eigenvalue weighted by molar-refractivity contribution is 9.10. The summed E-state index contributed by atoms with van der Waals surface area (Å²) in [6.45, 7) is 0. The number of hydrogen-bond acceptors (Lipinski definition) is 4. The zero-order chi connectivity index (χ0) is 14.1. The summed E-state index contributed by atoms with van der Waals surface area (Å²) in [5, 5.41) is 4.64. The fraction of sp³-hybridized carbons (Fsp3) is 0. The molecular formula is C14H9BrClN3O. The van der Waals surface area contributed by atoms with Gasteiger partial charge in [-0.3, -0.25) is 4.98 Å². The lowest BCUT2D eigenvalue weighted by Crippen LogP contribution is -1.88. The molecule has 0 atom stereocenters. The van der Waals surface area contributed by atoms with Gasteiger partial charge in [-0.25, -0.2) is 0 Å². The van der Waals surface area contributed by atoms with Crippen molar-refractivity contribution in [2.75, 3.05) is 5.73 Å². The fourth-order valence-corrected chi connectivity index (χ4v) is 2.37. The average molecular weight is 351 g/mol. The van der Waals surface area contributed by atoms with Crippen molar-refractivity contribution >= 4 is 33.4 Å². The van der Waals surface area contributed by atoms with E-state index in [4.69, 9.17) is 21.9 Å². The maximum Gasteiger partial charge on any atom is 0.230 e. The van der Waals surface area contributed by atoms with Gasteiger partial charge in [-0.2, -0.15) is 0 Å². The van der Waals surface area contributed by atoms with Crippen molar-refractivity contribution in [3.05, 3.63) is 52.2 Å². The van der Waals surface area contributed by atoms with Crippen LogP contribution in [0.2, 0.25) is 5.02 Å². The van der Waals surface area contributed by atoms with Crippen LogP contribution in [0.1, 0.15) is 0 Å². The SMILES string of the molecule is Nc1onc(-c2ccc(Br)c(Cl)c2)c1-c1ccncc1. The second-order valence-corrected chi connectivity index (χ2v) is 5.40. The molecule has 0 aliphatic heterocycles. The van der Waals surface area contributed by atoms with Gasteiger partial charge in [0.25, 0.3) is 0 Å². The number of nitrogen functional groups attached to an aromatic ring is 1. The van der Waals surface area contributed by atoms with E-state index in [0.717, 1.165) is 21.2 Å². The van der Waals surface area contributed by atoms with Crippen molar-refractivity contribution in [2.45, 2.75) is 0 Å². The molecule has 4 nitrogen and oxygen atoms in total. The Kier molecular flexibility index (Phi) is 3.46. The lowest BCUT2D eigenvalue weighted by atomic mass is 10.0. The molecule has 0 spiro atoms. The molecular weight excluding hydrogens is 342 g/mol. The van der Waals surface area contributed by atoms with Crippen LogP contribution >= 0.6 is 27.5 Å². The molecule has 3 aromatic rings. The minimum absolute atomic E-state index is 0.269. The Bertz CT molecular complexity index is 758. The van der Waals surface area contributed by atoms with Gasteiger partial charge in [-0.15, -0.1) is 0 Å². The number of halogens is 2. The molecule has 3 rings (SSSR count). The highest BCUT2D eigenvalue weighted by Crippen LogP contribution is 2.37. The van der Waals surface area contributed by atoms with E-state index in [0.29, 0.717) is 10.7 Å². The van der Waals surface area contributed by atoms with Crippen LogP contribution in [0, 0.1) is 0 Å². The molecule has 1 aromatic carbocycles. The molecule has 0 bridgehead atoms. The van der Waals surface area contributed by atoms with Gasteiger partial charge >= 0.3 is 0 Å². The Labute approximate surface area is 128 Å². The maximum absolute atomic E-state index is 6.12. The van der Waals surface area contributed by atoms with Crippen molar-refractivity contribution in [2.24, 2.45) is 0 Å². The molecule has 2 heterocycles. The van der Waals surface area contributed by atoms with E-state index in [-0.39, 0.29) is 5.88 Å². The minimum atomic E-state index is 0.269. The molecule has 0 aliphatic rings. The van der Waals surface area contributed by atoms with Gasteiger partial charge in [0.1, 0.15) is 5.69 Å². The van der Waals surface area contributed by atoms with Crippen molar-refractivity contribution in [1.82, 2.24) is 10.1 Å². The monoisotopic (exact) mass is 349 g/mol. The molecule has 20 heavy (non-hydrogen) atoms. The van der Waals surface area contributed by atoms with Gasteiger partial charge < -0.3 is 10.3 Å². The number of nitrogens with zero attached hydrogens (tertiary/aromatic N) is 2. The standard InChI is InChI=1S/C14H9BrClN3O/c15-10-2-1-9(7-11(10)16)13-12(14(17)20-19-13)8-3-5-18-6-4-8/h1-7H,17H2. The van der Waals surface area contributed by atoms with E-state index in [1.54, 1.807) is 12.4 Å². The maximum atomic E-state index is 6.12. The van der Waals surface area contributed by atoms with E-state index in [1.807, 2.05) is 30.3 Å². The second-order valence-electron chi connectivity index (χ2n) is 4.14. The quantitative estimate of drug-likeness (QED) is 0.744. The van der Waals surface area contributed by atoms with Crippen LogP contribution in [-0.4, -0.2) is 10.1 Å². The Morgan fingerprint density at radius 3 is 2.55 bits per heavy atom. The van der Waals surface area contributed by atoms with E-state index in [1.165, 1.54) is 0 Å². The highest BCUT2D eigenvalue weighted by Gasteiger charge is 2.17. The average Bonchev–Trinajstić information content (AvgIpc) is 2.85. The smallest absolute Gasteiger partial charge is 0.230 e. The van der Waals surface area contributed by atoms with E-state index in [9.17, 15) is 0 Å². The van der Waals surface area contributed by atoms with E-state index >= 15 is 0 Å². The predicted octanol–water partition coefficient (Wildman–Crippen LogP) is 4.40. The summed E-state index contributed by atoms with van der Waals surface area (Å²) in [7, 11) is 0. The van der Waals surface area contributed by atoms with Gasteiger partial charge in [-0.05, 0) is 45.8 Å². The van der Waals surface area contributed by atoms with Crippen LogP contribution in [0.25, 0.3) is 22.4 Å². The van der Waals surface area contributed by atoms with Crippen LogP contribution in [0.4, 0.5) is 5.88 Å². The molecule has 0 saturated heterocycles. The first-order chi connectivity index (χ1) is 9.66. The summed E-state index contributed by atoms with van der Waals surface area (Å²) in [4.78, 5) is 3.99. The van der Waals surface area contributed by atoms with Crippen molar-refractivity contribution in [1.29, 1.82) is 0 Å². The molecule has 0 unspecified atom stereocenters. The first kappa shape index (κ1) is 13.1. The molecule has 0 radical (unpaired) electrons. The third-order valence-corrected chi connectivity index (χ3v) is 4.11. The number of anilines is 1. The third-order valence-electron chi connectivity index (χ3n) is 2.88. The van der Waals surface area contributed by atoms with Gasteiger partial charge in [0, 0.05) is 22.4 Å². The van der Waals surface area contributed by atoms with Crippen LogP contribution in [0.15, 0.2) is 51.7 Å².